The maximum Gasteiger partial charge on any atom is 0.239 e. The van der Waals surface area contributed by atoms with Crippen LogP contribution >= 0.6 is 11.8 Å². The molecule has 1 rings (SSSR count). The fraction of sp³-hybridized carbons (Fsp3) is 0.667. The summed E-state index contributed by atoms with van der Waals surface area (Å²) in [5, 5.41) is 11.0. The molecular weight excluding hydrogens is 214 g/mol. The Morgan fingerprint density at radius 2 is 2.47 bits per heavy atom. The summed E-state index contributed by atoms with van der Waals surface area (Å²) in [6.45, 7) is 1.39. The van der Waals surface area contributed by atoms with E-state index in [4.69, 9.17) is 5.26 Å². The third-order valence-corrected chi connectivity index (χ3v) is 2.79. The van der Waals surface area contributed by atoms with Crippen molar-refractivity contribution in [3.63, 3.8) is 0 Å². The first-order valence-corrected chi connectivity index (χ1v) is 5.88. The van der Waals surface area contributed by atoms with Crippen molar-refractivity contribution < 1.29 is 9.59 Å². The Morgan fingerprint density at radius 1 is 1.67 bits per heavy atom. The lowest BCUT2D eigenvalue weighted by Crippen LogP contribution is -2.38. The Labute approximate surface area is 92.8 Å². The van der Waals surface area contributed by atoms with Gasteiger partial charge in [0.15, 0.2) is 0 Å². The van der Waals surface area contributed by atoms with Gasteiger partial charge >= 0.3 is 0 Å². The van der Waals surface area contributed by atoms with Crippen LogP contribution in [0.5, 0.6) is 0 Å². The molecule has 82 valence electrons. The molecule has 1 saturated heterocycles. The SMILES string of the molecule is N#CCSCC(=O)N1CCCNC(=O)C1. The van der Waals surface area contributed by atoms with Gasteiger partial charge in [-0.25, -0.2) is 0 Å². The molecule has 6 heteroatoms. The molecule has 0 aliphatic carbocycles. The van der Waals surface area contributed by atoms with Crippen molar-refractivity contribution in [2.24, 2.45) is 0 Å². The number of thioether (sulfide) groups is 1. The van der Waals surface area contributed by atoms with Gasteiger partial charge < -0.3 is 10.2 Å². The highest BCUT2D eigenvalue weighted by Crippen LogP contribution is 2.04. The zero-order valence-electron chi connectivity index (χ0n) is 8.36. The highest BCUT2D eigenvalue weighted by atomic mass is 32.2. The van der Waals surface area contributed by atoms with E-state index in [9.17, 15) is 9.59 Å². The number of hydrogen-bond donors (Lipinski definition) is 1. The van der Waals surface area contributed by atoms with E-state index in [0.717, 1.165) is 6.42 Å². The van der Waals surface area contributed by atoms with E-state index in [1.165, 1.54) is 11.8 Å². The minimum Gasteiger partial charge on any atom is -0.354 e. The molecule has 0 saturated carbocycles. The lowest BCUT2D eigenvalue weighted by Gasteiger charge is -2.18. The van der Waals surface area contributed by atoms with Crippen LogP contribution in [0.4, 0.5) is 0 Å². The molecule has 1 N–H and O–H groups in total. The van der Waals surface area contributed by atoms with Gasteiger partial charge in [0.2, 0.25) is 11.8 Å². The van der Waals surface area contributed by atoms with E-state index in [1.54, 1.807) is 4.90 Å². The van der Waals surface area contributed by atoms with Crippen molar-refractivity contribution in [3.8, 4) is 6.07 Å². The Morgan fingerprint density at radius 3 is 3.20 bits per heavy atom. The van der Waals surface area contributed by atoms with E-state index >= 15 is 0 Å². The van der Waals surface area contributed by atoms with Crippen LogP contribution in [0, 0.1) is 11.3 Å². The van der Waals surface area contributed by atoms with Gasteiger partial charge in [0.25, 0.3) is 0 Å². The summed E-state index contributed by atoms with van der Waals surface area (Å²) in [7, 11) is 0. The van der Waals surface area contributed by atoms with Crippen LogP contribution in [0.3, 0.4) is 0 Å². The van der Waals surface area contributed by atoms with Gasteiger partial charge in [-0.15, -0.1) is 11.8 Å². The standard InChI is InChI=1S/C9H13N3O2S/c10-2-5-15-7-9(14)12-4-1-3-11-8(13)6-12/h1,3-7H2,(H,11,13). The maximum atomic E-state index is 11.6. The molecule has 0 atom stereocenters. The van der Waals surface area contributed by atoms with Crippen LogP contribution in [0.1, 0.15) is 6.42 Å². The van der Waals surface area contributed by atoms with Crippen molar-refractivity contribution in [2.45, 2.75) is 6.42 Å². The van der Waals surface area contributed by atoms with Gasteiger partial charge in [-0.1, -0.05) is 0 Å². The van der Waals surface area contributed by atoms with E-state index in [1.807, 2.05) is 6.07 Å². The third kappa shape index (κ3) is 4.21. The molecule has 0 aromatic carbocycles. The number of nitrogens with one attached hydrogen (secondary N) is 1. The second-order valence-electron chi connectivity index (χ2n) is 3.17. The van der Waals surface area contributed by atoms with Gasteiger partial charge in [-0.2, -0.15) is 5.26 Å². The summed E-state index contributed by atoms with van der Waals surface area (Å²) in [5.74, 6) is 0.422. The number of hydrogen-bond acceptors (Lipinski definition) is 4. The summed E-state index contributed by atoms with van der Waals surface area (Å²) in [4.78, 5) is 24.3. The van der Waals surface area contributed by atoms with E-state index < -0.39 is 0 Å². The summed E-state index contributed by atoms with van der Waals surface area (Å²) in [5.41, 5.74) is 0. The lowest BCUT2D eigenvalue weighted by molar-refractivity contribution is -0.133. The quantitative estimate of drug-likeness (QED) is 0.665. The highest BCUT2D eigenvalue weighted by Gasteiger charge is 2.18. The number of carbonyl (C=O) groups excluding carboxylic acids is 2. The predicted molar refractivity (Wildman–Crippen MR) is 57.1 cm³/mol. The average molecular weight is 227 g/mol. The maximum absolute atomic E-state index is 11.6. The highest BCUT2D eigenvalue weighted by molar-refractivity contribution is 8.00. The molecule has 1 aliphatic heterocycles. The average Bonchev–Trinajstić information content (AvgIpc) is 2.43. The summed E-state index contributed by atoms with van der Waals surface area (Å²) >= 11 is 1.28. The van der Waals surface area contributed by atoms with Gasteiger partial charge in [0.05, 0.1) is 24.1 Å². The summed E-state index contributed by atoms with van der Waals surface area (Å²) < 4.78 is 0. The van der Waals surface area contributed by atoms with Gasteiger partial charge in [0, 0.05) is 13.1 Å². The number of nitrogens with zero attached hydrogens (tertiary/aromatic N) is 2. The number of nitriles is 1. The van der Waals surface area contributed by atoms with Gasteiger partial charge in [-0.05, 0) is 6.42 Å². The molecule has 15 heavy (non-hydrogen) atoms. The van der Waals surface area contributed by atoms with Crippen molar-refractivity contribution >= 4 is 23.6 Å². The Bertz CT molecular complexity index is 288. The van der Waals surface area contributed by atoms with Crippen molar-refractivity contribution in [3.05, 3.63) is 0 Å². The largest absolute Gasteiger partial charge is 0.354 e. The fourth-order valence-corrected chi connectivity index (χ4v) is 1.84. The third-order valence-electron chi connectivity index (χ3n) is 2.01. The molecule has 0 radical (unpaired) electrons. The number of carbonyl (C=O) groups is 2. The first kappa shape index (κ1) is 11.9. The van der Waals surface area contributed by atoms with Crippen LogP contribution < -0.4 is 5.32 Å². The van der Waals surface area contributed by atoms with Crippen molar-refractivity contribution in [1.82, 2.24) is 10.2 Å². The van der Waals surface area contributed by atoms with Crippen LogP contribution in [0.2, 0.25) is 0 Å². The monoisotopic (exact) mass is 227 g/mol. The van der Waals surface area contributed by atoms with Crippen molar-refractivity contribution in [1.29, 1.82) is 5.26 Å². The minimum absolute atomic E-state index is 0.0627. The Balaban J connectivity index is 2.37. The fourth-order valence-electron chi connectivity index (χ4n) is 1.29. The number of rotatable bonds is 3. The minimum atomic E-state index is -0.105. The van der Waals surface area contributed by atoms with Crippen LogP contribution in [0.15, 0.2) is 0 Å². The first-order chi connectivity index (χ1) is 7.24. The number of amides is 2. The molecular formula is C9H13N3O2S. The second kappa shape index (κ2) is 6.30. The van der Waals surface area contributed by atoms with Crippen molar-refractivity contribution in [2.75, 3.05) is 31.1 Å². The van der Waals surface area contributed by atoms with Gasteiger partial charge in [0.1, 0.15) is 0 Å². The molecule has 0 aromatic rings. The molecule has 1 heterocycles. The van der Waals surface area contributed by atoms with E-state index in [0.29, 0.717) is 18.8 Å². The van der Waals surface area contributed by atoms with Crippen LogP contribution in [0.25, 0.3) is 0 Å². The summed E-state index contributed by atoms with van der Waals surface area (Å²) in [6.07, 6.45) is 0.792. The van der Waals surface area contributed by atoms with Gasteiger partial charge in [-0.3, -0.25) is 9.59 Å². The molecule has 1 aliphatic rings. The zero-order chi connectivity index (χ0) is 11.1. The lowest BCUT2D eigenvalue weighted by atomic mass is 10.4. The zero-order valence-corrected chi connectivity index (χ0v) is 9.18. The second-order valence-corrected chi connectivity index (χ2v) is 4.16. The molecule has 0 spiro atoms. The first-order valence-electron chi connectivity index (χ1n) is 4.73. The molecule has 0 aromatic heterocycles. The molecule has 0 unspecified atom stereocenters. The molecule has 5 nitrogen and oxygen atoms in total. The Kier molecular flexibility index (Phi) is 4.98. The predicted octanol–water partition coefficient (Wildman–Crippen LogP) is -0.408. The smallest absolute Gasteiger partial charge is 0.239 e. The normalized spacial score (nSPS) is 16.5. The van der Waals surface area contributed by atoms with E-state index in [-0.39, 0.29) is 24.1 Å². The van der Waals surface area contributed by atoms with E-state index in [2.05, 4.69) is 5.32 Å². The molecule has 2 amide bonds. The topological polar surface area (TPSA) is 73.2 Å². The Hall–Kier alpha value is -1.22. The molecule has 0 bridgehead atoms. The van der Waals surface area contributed by atoms with Crippen LogP contribution in [-0.4, -0.2) is 47.9 Å². The summed E-state index contributed by atoms with van der Waals surface area (Å²) in [6, 6.07) is 1.96. The molecule has 1 fully saturated rings. The van der Waals surface area contributed by atoms with Crippen LogP contribution in [-0.2, 0) is 9.59 Å².